The van der Waals surface area contributed by atoms with Gasteiger partial charge >= 0.3 is 0 Å². The molecule has 1 aliphatic carbocycles. The summed E-state index contributed by atoms with van der Waals surface area (Å²) in [7, 11) is 0. The van der Waals surface area contributed by atoms with Gasteiger partial charge < -0.3 is 5.32 Å². The van der Waals surface area contributed by atoms with Crippen molar-refractivity contribution < 1.29 is 0 Å². The highest BCUT2D eigenvalue weighted by Crippen LogP contribution is 2.32. The first-order valence-electron chi connectivity index (χ1n) is 7.39. The van der Waals surface area contributed by atoms with Gasteiger partial charge in [0.15, 0.2) is 5.16 Å². The van der Waals surface area contributed by atoms with Crippen LogP contribution < -0.4 is 5.32 Å². The molecule has 0 saturated heterocycles. The third-order valence-corrected chi connectivity index (χ3v) is 4.70. The van der Waals surface area contributed by atoms with Crippen molar-refractivity contribution in [1.82, 2.24) is 15.3 Å². The van der Waals surface area contributed by atoms with Crippen LogP contribution in [0.3, 0.4) is 0 Å². The lowest BCUT2D eigenvalue weighted by molar-refractivity contribution is 0.381. The van der Waals surface area contributed by atoms with Crippen LogP contribution in [-0.2, 0) is 0 Å². The summed E-state index contributed by atoms with van der Waals surface area (Å²) in [6, 6.07) is 2.73. The maximum absolute atomic E-state index is 4.55. The molecular formula is C15H25N3S. The van der Waals surface area contributed by atoms with E-state index in [0.717, 1.165) is 23.1 Å². The highest BCUT2D eigenvalue weighted by Gasteiger charge is 2.23. The Kier molecular flexibility index (Phi) is 5.64. The monoisotopic (exact) mass is 279 g/mol. The van der Waals surface area contributed by atoms with Crippen molar-refractivity contribution >= 4 is 11.8 Å². The summed E-state index contributed by atoms with van der Waals surface area (Å²) >= 11 is 1.87. The van der Waals surface area contributed by atoms with Crippen molar-refractivity contribution in [3.63, 3.8) is 0 Å². The average molecular weight is 279 g/mol. The first kappa shape index (κ1) is 14.8. The summed E-state index contributed by atoms with van der Waals surface area (Å²) in [5, 5.41) is 5.28. The van der Waals surface area contributed by atoms with Crippen molar-refractivity contribution in [3.8, 4) is 0 Å². The highest BCUT2D eigenvalue weighted by molar-refractivity contribution is 7.99. The Morgan fingerprint density at radius 1 is 1.26 bits per heavy atom. The van der Waals surface area contributed by atoms with Gasteiger partial charge in [-0.2, -0.15) is 0 Å². The minimum atomic E-state index is 0.671. The van der Waals surface area contributed by atoms with E-state index in [9.17, 15) is 0 Å². The van der Waals surface area contributed by atoms with Gasteiger partial charge in [0.25, 0.3) is 0 Å². The lowest BCUT2D eigenvalue weighted by atomic mass is 9.95. The van der Waals surface area contributed by atoms with E-state index in [1.807, 2.05) is 31.7 Å². The zero-order valence-electron chi connectivity index (χ0n) is 12.3. The fraction of sp³-hybridized carbons (Fsp3) is 0.733. The quantitative estimate of drug-likeness (QED) is 0.837. The molecule has 1 aromatic heterocycles. The van der Waals surface area contributed by atoms with E-state index >= 15 is 0 Å². The van der Waals surface area contributed by atoms with E-state index in [0.29, 0.717) is 11.3 Å². The number of hydrogen-bond donors (Lipinski definition) is 1. The highest BCUT2D eigenvalue weighted by atomic mass is 32.2. The van der Waals surface area contributed by atoms with Gasteiger partial charge in [0.1, 0.15) is 0 Å². The molecule has 19 heavy (non-hydrogen) atoms. The predicted molar refractivity (Wildman–Crippen MR) is 81.7 cm³/mol. The lowest BCUT2D eigenvalue weighted by Gasteiger charge is -2.29. The molecule has 0 aromatic carbocycles. The van der Waals surface area contributed by atoms with Crippen molar-refractivity contribution in [1.29, 1.82) is 0 Å². The van der Waals surface area contributed by atoms with E-state index < -0.39 is 0 Å². The van der Waals surface area contributed by atoms with Gasteiger partial charge in [-0.25, -0.2) is 9.97 Å². The molecule has 1 N–H and O–H groups in total. The Balaban J connectivity index is 1.91. The maximum Gasteiger partial charge on any atom is 0.188 e. The smallest absolute Gasteiger partial charge is 0.188 e. The van der Waals surface area contributed by atoms with E-state index in [1.54, 1.807) is 0 Å². The summed E-state index contributed by atoms with van der Waals surface area (Å²) in [6.45, 7) is 7.46. The standard InChI is InChI=1S/C15H25N3S/c1-4-8-16-13-6-5-7-14(10-13)19-15-17-11(2)9-12(3)18-15/h9,13-14,16H,4-8,10H2,1-3H3. The molecule has 1 aliphatic rings. The van der Waals surface area contributed by atoms with Crippen LogP contribution in [0.25, 0.3) is 0 Å². The first-order valence-corrected chi connectivity index (χ1v) is 8.27. The number of nitrogens with zero attached hydrogens (tertiary/aromatic N) is 2. The molecule has 0 aliphatic heterocycles. The topological polar surface area (TPSA) is 37.8 Å². The van der Waals surface area contributed by atoms with E-state index in [-0.39, 0.29) is 0 Å². The Bertz CT molecular complexity index is 388. The van der Waals surface area contributed by atoms with Gasteiger partial charge in [-0.15, -0.1) is 0 Å². The van der Waals surface area contributed by atoms with Crippen LogP contribution in [0.2, 0.25) is 0 Å². The number of rotatable bonds is 5. The van der Waals surface area contributed by atoms with Gasteiger partial charge in [0, 0.05) is 22.7 Å². The number of nitrogens with one attached hydrogen (secondary N) is 1. The molecule has 2 unspecified atom stereocenters. The molecule has 1 aromatic rings. The molecule has 1 saturated carbocycles. The SMILES string of the molecule is CCCNC1CCCC(Sc2nc(C)cc(C)n2)C1. The third kappa shape index (κ3) is 4.77. The molecule has 1 fully saturated rings. The third-order valence-electron chi connectivity index (χ3n) is 3.54. The molecule has 2 rings (SSSR count). The maximum atomic E-state index is 4.55. The van der Waals surface area contributed by atoms with Crippen molar-refractivity contribution in [3.05, 3.63) is 17.5 Å². The zero-order chi connectivity index (χ0) is 13.7. The van der Waals surface area contributed by atoms with Crippen LogP contribution in [0.1, 0.15) is 50.4 Å². The zero-order valence-corrected chi connectivity index (χ0v) is 13.1. The minimum Gasteiger partial charge on any atom is -0.314 e. The van der Waals surface area contributed by atoms with Gasteiger partial charge in [-0.3, -0.25) is 0 Å². The fourth-order valence-corrected chi connectivity index (χ4v) is 3.99. The van der Waals surface area contributed by atoms with Crippen LogP contribution in [0.4, 0.5) is 0 Å². The van der Waals surface area contributed by atoms with Gasteiger partial charge in [-0.05, 0) is 52.1 Å². The number of aryl methyl sites for hydroxylation is 2. The van der Waals surface area contributed by atoms with Crippen molar-refractivity contribution in [2.45, 2.75) is 69.3 Å². The lowest BCUT2D eigenvalue weighted by Crippen LogP contribution is -2.35. The van der Waals surface area contributed by atoms with Crippen LogP contribution in [0.15, 0.2) is 11.2 Å². The van der Waals surface area contributed by atoms with Crippen molar-refractivity contribution in [2.24, 2.45) is 0 Å². The van der Waals surface area contributed by atoms with Gasteiger partial charge in [-0.1, -0.05) is 25.1 Å². The van der Waals surface area contributed by atoms with E-state index in [4.69, 9.17) is 0 Å². The van der Waals surface area contributed by atoms with Gasteiger partial charge in [0.05, 0.1) is 0 Å². The minimum absolute atomic E-state index is 0.671. The van der Waals surface area contributed by atoms with Crippen molar-refractivity contribution in [2.75, 3.05) is 6.54 Å². The molecule has 2 atom stereocenters. The molecule has 3 nitrogen and oxygen atoms in total. The molecule has 4 heteroatoms. The Hall–Kier alpha value is -0.610. The molecule has 0 amide bonds. The molecule has 0 spiro atoms. The van der Waals surface area contributed by atoms with Crippen LogP contribution in [-0.4, -0.2) is 27.8 Å². The Morgan fingerprint density at radius 3 is 2.68 bits per heavy atom. The Labute approximate surface area is 121 Å². The summed E-state index contributed by atoms with van der Waals surface area (Å²) in [6.07, 6.45) is 6.41. The fourth-order valence-electron chi connectivity index (χ4n) is 2.68. The number of thioether (sulfide) groups is 1. The first-order chi connectivity index (χ1) is 9.17. The molecule has 1 heterocycles. The second kappa shape index (κ2) is 7.25. The van der Waals surface area contributed by atoms with Crippen LogP contribution >= 0.6 is 11.8 Å². The second-order valence-corrected chi connectivity index (χ2v) is 6.76. The molecular weight excluding hydrogens is 254 g/mol. The molecule has 0 bridgehead atoms. The second-order valence-electron chi connectivity index (χ2n) is 5.49. The number of aromatic nitrogens is 2. The molecule has 106 valence electrons. The van der Waals surface area contributed by atoms with Gasteiger partial charge in [0.2, 0.25) is 0 Å². The van der Waals surface area contributed by atoms with E-state index in [2.05, 4.69) is 22.2 Å². The average Bonchev–Trinajstić information content (AvgIpc) is 2.35. The summed E-state index contributed by atoms with van der Waals surface area (Å²) < 4.78 is 0. The van der Waals surface area contributed by atoms with Crippen LogP contribution in [0, 0.1) is 13.8 Å². The van der Waals surface area contributed by atoms with Crippen LogP contribution in [0.5, 0.6) is 0 Å². The molecule has 0 radical (unpaired) electrons. The number of hydrogen-bond acceptors (Lipinski definition) is 4. The summed E-state index contributed by atoms with van der Waals surface area (Å²) in [5.41, 5.74) is 2.15. The van der Waals surface area contributed by atoms with E-state index in [1.165, 1.54) is 32.1 Å². The largest absolute Gasteiger partial charge is 0.314 e. The normalized spacial score (nSPS) is 23.5. The Morgan fingerprint density at radius 2 is 2.00 bits per heavy atom. The summed E-state index contributed by atoms with van der Waals surface area (Å²) in [5.74, 6) is 0. The predicted octanol–water partition coefficient (Wildman–Crippen LogP) is 3.50. The summed E-state index contributed by atoms with van der Waals surface area (Å²) in [4.78, 5) is 9.09.